The van der Waals surface area contributed by atoms with E-state index in [9.17, 15) is 4.79 Å². The molecule has 3 rings (SSSR count). The Morgan fingerprint density at radius 2 is 1.88 bits per heavy atom. The third-order valence-electron chi connectivity index (χ3n) is 4.51. The molecule has 1 N–H and O–H groups in total. The number of nitrogens with one attached hydrogen (secondary N) is 1. The summed E-state index contributed by atoms with van der Waals surface area (Å²) in [4.78, 5) is 12.8. The molecule has 1 amide bonds. The Balaban J connectivity index is 1.95. The summed E-state index contributed by atoms with van der Waals surface area (Å²) in [6.07, 6.45) is 0.0362. The van der Waals surface area contributed by atoms with Gasteiger partial charge in [0.15, 0.2) is 0 Å². The minimum atomic E-state index is -0.277. The molecule has 25 heavy (non-hydrogen) atoms. The second-order valence-corrected chi connectivity index (χ2v) is 6.38. The Hall–Kier alpha value is -2.40. The maximum absolute atomic E-state index is 12.8. The average molecular weight is 362 g/mol. The number of carbonyl (C=O) groups excluding carboxylic acids is 1. The van der Waals surface area contributed by atoms with E-state index < -0.39 is 0 Å². The molecular formula is C19H20ClNO4. The van der Waals surface area contributed by atoms with Crippen LogP contribution < -0.4 is 19.5 Å². The number of amides is 1. The molecular weight excluding hydrogens is 342 g/mol. The van der Waals surface area contributed by atoms with Crippen LogP contribution >= 0.6 is 11.6 Å². The Morgan fingerprint density at radius 1 is 1.16 bits per heavy atom. The molecule has 1 aliphatic heterocycles. The van der Waals surface area contributed by atoms with Gasteiger partial charge in [0.1, 0.15) is 23.4 Å². The van der Waals surface area contributed by atoms with Gasteiger partial charge >= 0.3 is 0 Å². The number of rotatable bonds is 4. The number of halogens is 1. The van der Waals surface area contributed by atoms with Gasteiger partial charge in [0, 0.05) is 23.6 Å². The molecule has 1 aliphatic rings. The van der Waals surface area contributed by atoms with Gasteiger partial charge in [-0.3, -0.25) is 4.79 Å². The first-order valence-corrected chi connectivity index (χ1v) is 8.36. The van der Waals surface area contributed by atoms with Gasteiger partial charge in [-0.15, -0.1) is 0 Å². The molecule has 132 valence electrons. The minimum absolute atomic E-state index is 0.0362. The van der Waals surface area contributed by atoms with Crippen molar-refractivity contribution in [3.05, 3.63) is 46.5 Å². The summed E-state index contributed by atoms with van der Waals surface area (Å²) >= 11 is 6.10. The SMILES string of the molecule is COc1cc(NC(=O)c2cccc3c2O[C@H](C)[C@@H]3C)c(OC)cc1Cl. The van der Waals surface area contributed by atoms with Crippen LogP contribution in [-0.2, 0) is 0 Å². The number of hydrogen-bond donors (Lipinski definition) is 1. The van der Waals surface area contributed by atoms with Crippen LogP contribution in [0.5, 0.6) is 17.2 Å². The lowest BCUT2D eigenvalue weighted by Gasteiger charge is -2.14. The van der Waals surface area contributed by atoms with E-state index in [-0.39, 0.29) is 17.9 Å². The van der Waals surface area contributed by atoms with Crippen LogP contribution in [0.25, 0.3) is 0 Å². The van der Waals surface area contributed by atoms with Gasteiger partial charge in [0.25, 0.3) is 5.91 Å². The molecule has 1 heterocycles. The van der Waals surface area contributed by atoms with Gasteiger partial charge < -0.3 is 19.5 Å². The Bertz CT molecular complexity index is 821. The van der Waals surface area contributed by atoms with Crippen molar-refractivity contribution in [3.8, 4) is 17.2 Å². The standard InChI is InChI=1S/C19H20ClNO4/c1-10-11(2)25-18-12(10)6-5-7-13(18)19(22)21-15-9-16(23-3)14(20)8-17(15)24-4/h5-11H,1-4H3,(H,21,22)/t10-,11+/m0/s1. The maximum atomic E-state index is 12.8. The second-order valence-electron chi connectivity index (χ2n) is 5.98. The fourth-order valence-corrected chi connectivity index (χ4v) is 3.14. The van der Waals surface area contributed by atoms with E-state index in [4.69, 9.17) is 25.8 Å². The van der Waals surface area contributed by atoms with E-state index in [1.165, 1.54) is 14.2 Å². The maximum Gasteiger partial charge on any atom is 0.259 e. The normalized spacial score (nSPS) is 18.3. The van der Waals surface area contributed by atoms with Crippen molar-refractivity contribution in [2.75, 3.05) is 19.5 Å². The summed E-state index contributed by atoms with van der Waals surface area (Å²) in [5.74, 6) is 1.51. The number of ether oxygens (including phenoxy) is 3. The number of methoxy groups -OCH3 is 2. The molecule has 0 saturated carbocycles. The zero-order valence-corrected chi connectivity index (χ0v) is 15.3. The zero-order chi connectivity index (χ0) is 18.1. The van der Waals surface area contributed by atoms with E-state index >= 15 is 0 Å². The lowest BCUT2D eigenvalue weighted by Crippen LogP contribution is -2.15. The molecule has 0 aliphatic carbocycles. The molecule has 0 bridgehead atoms. The van der Waals surface area contributed by atoms with Crippen LogP contribution in [0.4, 0.5) is 5.69 Å². The van der Waals surface area contributed by atoms with Crippen molar-refractivity contribution in [3.63, 3.8) is 0 Å². The van der Waals surface area contributed by atoms with Gasteiger partial charge in [-0.2, -0.15) is 0 Å². The van der Waals surface area contributed by atoms with Crippen LogP contribution in [0.3, 0.4) is 0 Å². The quantitative estimate of drug-likeness (QED) is 0.871. The first-order chi connectivity index (χ1) is 12.0. The highest BCUT2D eigenvalue weighted by molar-refractivity contribution is 6.32. The molecule has 2 aromatic rings. The lowest BCUT2D eigenvalue weighted by atomic mass is 9.97. The number of fused-ring (bicyclic) bond motifs is 1. The predicted molar refractivity (Wildman–Crippen MR) is 97.5 cm³/mol. The molecule has 0 saturated heterocycles. The average Bonchev–Trinajstić information content (AvgIpc) is 2.90. The molecule has 5 nitrogen and oxygen atoms in total. The van der Waals surface area contributed by atoms with E-state index in [1.807, 2.05) is 19.1 Å². The van der Waals surface area contributed by atoms with Crippen LogP contribution in [0, 0.1) is 0 Å². The third-order valence-corrected chi connectivity index (χ3v) is 4.81. The number of para-hydroxylation sites is 1. The monoisotopic (exact) mass is 361 g/mol. The van der Waals surface area contributed by atoms with Crippen molar-refractivity contribution in [1.29, 1.82) is 0 Å². The van der Waals surface area contributed by atoms with E-state index in [0.717, 1.165) is 5.56 Å². The molecule has 0 unspecified atom stereocenters. The summed E-state index contributed by atoms with van der Waals surface area (Å²) in [5, 5.41) is 3.26. The number of hydrogen-bond acceptors (Lipinski definition) is 4. The van der Waals surface area contributed by atoms with Gasteiger partial charge in [-0.1, -0.05) is 30.7 Å². The van der Waals surface area contributed by atoms with E-state index in [2.05, 4.69) is 12.2 Å². The predicted octanol–water partition coefficient (Wildman–Crippen LogP) is 4.49. The van der Waals surface area contributed by atoms with Crippen molar-refractivity contribution in [2.24, 2.45) is 0 Å². The first-order valence-electron chi connectivity index (χ1n) is 7.98. The molecule has 0 spiro atoms. The summed E-state index contributed by atoms with van der Waals surface area (Å²) in [6.45, 7) is 4.09. The van der Waals surface area contributed by atoms with Crippen molar-refractivity contribution in [2.45, 2.75) is 25.9 Å². The van der Waals surface area contributed by atoms with Crippen molar-refractivity contribution < 1.29 is 19.0 Å². The molecule has 0 aromatic heterocycles. The first kappa shape index (κ1) is 17.4. The molecule has 0 radical (unpaired) electrons. The minimum Gasteiger partial charge on any atom is -0.495 e. The molecule has 6 heteroatoms. The van der Waals surface area contributed by atoms with Crippen molar-refractivity contribution in [1.82, 2.24) is 0 Å². The highest BCUT2D eigenvalue weighted by Crippen LogP contribution is 2.41. The fraction of sp³-hybridized carbons (Fsp3) is 0.316. The molecule has 2 atom stereocenters. The van der Waals surface area contributed by atoms with Crippen LogP contribution in [-0.4, -0.2) is 26.2 Å². The zero-order valence-electron chi connectivity index (χ0n) is 14.6. The van der Waals surface area contributed by atoms with Crippen molar-refractivity contribution >= 4 is 23.2 Å². The van der Waals surface area contributed by atoms with Crippen LogP contribution in [0.15, 0.2) is 30.3 Å². The van der Waals surface area contributed by atoms with Gasteiger partial charge in [0.2, 0.25) is 0 Å². The van der Waals surface area contributed by atoms with E-state index in [0.29, 0.717) is 33.5 Å². The van der Waals surface area contributed by atoms with E-state index in [1.54, 1.807) is 18.2 Å². The summed E-state index contributed by atoms with van der Waals surface area (Å²) in [6, 6.07) is 8.84. The fourth-order valence-electron chi connectivity index (χ4n) is 2.91. The number of anilines is 1. The highest BCUT2D eigenvalue weighted by atomic mass is 35.5. The van der Waals surface area contributed by atoms with Crippen LogP contribution in [0.1, 0.15) is 35.7 Å². The topological polar surface area (TPSA) is 56.8 Å². The van der Waals surface area contributed by atoms with Gasteiger partial charge in [0.05, 0.1) is 30.5 Å². The largest absolute Gasteiger partial charge is 0.495 e. The summed E-state index contributed by atoms with van der Waals surface area (Å²) < 4.78 is 16.4. The lowest BCUT2D eigenvalue weighted by molar-refractivity contribution is 0.102. The Labute approximate surface area is 151 Å². The van der Waals surface area contributed by atoms with Gasteiger partial charge in [-0.25, -0.2) is 0 Å². The van der Waals surface area contributed by atoms with Gasteiger partial charge in [-0.05, 0) is 13.0 Å². The smallest absolute Gasteiger partial charge is 0.259 e. The van der Waals surface area contributed by atoms with Crippen LogP contribution in [0.2, 0.25) is 5.02 Å². The number of carbonyl (C=O) groups is 1. The summed E-state index contributed by atoms with van der Waals surface area (Å²) in [7, 11) is 3.03. The molecule has 2 aromatic carbocycles. The highest BCUT2D eigenvalue weighted by Gasteiger charge is 2.31. The second kappa shape index (κ2) is 6.84. The summed E-state index contributed by atoms with van der Waals surface area (Å²) in [5.41, 5.74) is 2.01. The Morgan fingerprint density at radius 3 is 2.56 bits per heavy atom. The number of benzene rings is 2. The third kappa shape index (κ3) is 3.12. The Kier molecular flexibility index (Phi) is 4.77. The molecule has 0 fully saturated rings.